The normalized spacial score (nSPS) is 12.9. The van der Waals surface area contributed by atoms with E-state index in [0.717, 1.165) is 22.9 Å². The highest BCUT2D eigenvalue weighted by Crippen LogP contribution is 2.12. The van der Waals surface area contributed by atoms with E-state index < -0.39 is 0 Å². The molecule has 1 atom stereocenters. The summed E-state index contributed by atoms with van der Waals surface area (Å²) in [6.07, 6.45) is 0.826. The summed E-state index contributed by atoms with van der Waals surface area (Å²) in [5, 5.41) is 1.04. The molecule has 1 aromatic heterocycles. The number of hydrogen-bond donors (Lipinski definition) is 2. The van der Waals surface area contributed by atoms with Crippen molar-refractivity contribution in [2.75, 3.05) is 0 Å². The van der Waals surface area contributed by atoms with Crippen molar-refractivity contribution in [2.45, 2.75) is 19.4 Å². The average molecular weight is 202 g/mol. The van der Waals surface area contributed by atoms with Crippen LogP contribution in [-0.4, -0.2) is 11.0 Å². The molecule has 1 heterocycles. The predicted octanol–water partition coefficient (Wildman–Crippen LogP) is 1.42. The van der Waals surface area contributed by atoms with E-state index >= 15 is 0 Å². The molecule has 3 N–H and O–H groups in total. The zero-order chi connectivity index (χ0) is 10.8. The monoisotopic (exact) mass is 202 g/mol. The van der Waals surface area contributed by atoms with Gasteiger partial charge in [0.25, 0.3) is 0 Å². The molecule has 0 spiro atoms. The first-order valence-corrected chi connectivity index (χ1v) is 5.03. The van der Waals surface area contributed by atoms with Gasteiger partial charge in [-0.3, -0.25) is 4.79 Å². The molecule has 0 aliphatic rings. The van der Waals surface area contributed by atoms with Gasteiger partial charge in [-0.2, -0.15) is 0 Å². The van der Waals surface area contributed by atoms with Gasteiger partial charge in [-0.1, -0.05) is 12.1 Å². The number of hydrogen-bond acceptors (Lipinski definition) is 2. The molecule has 0 saturated heterocycles. The van der Waals surface area contributed by atoms with Crippen LogP contribution < -0.4 is 11.3 Å². The third kappa shape index (κ3) is 2.25. The number of aromatic nitrogens is 1. The minimum absolute atomic E-state index is 0.0690. The lowest BCUT2D eigenvalue weighted by atomic mass is 10.1. The molecule has 1 unspecified atom stereocenters. The van der Waals surface area contributed by atoms with Gasteiger partial charge in [-0.05, 0) is 36.4 Å². The molecule has 3 heteroatoms. The van der Waals surface area contributed by atoms with Crippen LogP contribution in [0.25, 0.3) is 10.9 Å². The molecule has 78 valence electrons. The molecule has 0 bridgehead atoms. The van der Waals surface area contributed by atoms with Crippen molar-refractivity contribution >= 4 is 10.9 Å². The molecular formula is C12H14N2O. The lowest BCUT2D eigenvalue weighted by Crippen LogP contribution is -2.17. The Bertz CT molecular complexity index is 528. The molecule has 0 fully saturated rings. The van der Waals surface area contributed by atoms with E-state index in [-0.39, 0.29) is 11.6 Å². The first kappa shape index (κ1) is 9.93. The van der Waals surface area contributed by atoms with E-state index in [0.29, 0.717) is 0 Å². The van der Waals surface area contributed by atoms with Crippen LogP contribution in [0.15, 0.2) is 35.1 Å². The Hall–Kier alpha value is -1.61. The van der Waals surface area contributed by atoms with E-state index in [1.807, 2.05) is 31.2 Å². The summed E-state index contributed by atoms with van der Waals surface area (Å²) in [6, 6.07) is 9.53. The molecular weight excluding hydrogens is 188 g/mol. The molecule has 2 rings (SSSR count). The Morgan fingerprint density at radius 3 is 2.80 bits per heavy atom. The van der Waals surface area contributed by atoms with E-state index in [1.54, 1.807) is 0 Å². The second-order valence-corrected chi connectivity index (χ2v) is 3.93. The minimum Gasteiger partial charge on any atom is -0.328 e. The third-order valence-electron chi connectivity index (χ3n) is 2.35. The van der Waals surface area contributed by atoms with E-state index in [9.17, 15) is 4.79 Å². The maximum absolute atomic E-state index is 11.1. The number of H-pyrrole nitrogens is 1. The number of aromatic amines is 1. The van der Waals surface area contributed by atoms with E-state index in [4.69, 9.17) is 5.73 Å². The van der Waals surface area contributed by atoms with Gasteiger partial charge in [0, 0.05) is 17.6 Å². The second-order valence-electron chi connectivity index (χ2n) is 3.93. The van der Waals surface area contributed by atoms with Crippen LogP contribution in [0.4, 0.5) is 0 Å². The van der Waals surface area contributed by atoms with Crippen LogP contribution in [-0.2, 0) is 6.42 Å². The Morgan fingerprint density at radius 2 is 2.07 bits per heavy atom. The summed E-state index contributed by atoms with van der Waals surface area (Å²) in [6.45, 7) is 1.97. The van der Waals surface area contributed by atoms with Gasteiger partial charge >= 0.3 is 0 Å². The number of nitrogens with one attached hydrogen (secondary N) is 1. The molecule has 1 aromatic carbocycles. The van der Waals surface area contributed by atoms with Crippen molar-refractivity contribution in [3.8, 4) is 0 Å². The van der Waals surface area contributed by atoms with Gasteiger partial charge in [0.15, 0.2) is 0 Å². The summed E-state index contributed by atoms with van der Waals surface area (Å²) in [5.41, 5.74) is 7.69. The summed E-state index contributed by atoms with van der Waals surface area (Å²) >= 11 is 0. The first-order valence-electron chi connectivity index (χ1n) is 5.03. The molecule has 0 aliphatic carbocycles. The van der Waals surface area contributed by atoms with Gasteiger partial charge in [0.2, 0.25) is 5.56 Å². The maximum atomic E-state index is 11.1. The molecule has 0 aliphatic heterocycles. The van der Waals surface area contributed by atoms with Crippen LogP contribution in [0.5, 0.6) is 0 Å². The van der Waals surface area contributed by atoms with Crippen LogP contribution in [0, 0.1) is 0 Å². The standard InChI is InChI=1S/C12H14N2O/c1-8(13)6-9-2-3-10-4-5-12(15)14-11(10)7-9/h2-5,7-8H,6,13H2,1H3,(H,14,15). The van der Waals surface area contributed by atoms with Crippen molar-refractivity contribution < 1.29 is 0 Å². The van der Waals surface area contributed by atoms with Crippen molar-refractivity contribution in [3.05, 3.63) is 46.2 Å². The zero-order valence-electron chi connectivity index (χ0n) is 8.66. The van der Waals surface area contributed by atoms with Crippen LogP contribution in [0.2, 0.25) is 0 Å². The SMILES string of the molecule is CC(N)Cc1ccc2ccc(=O)[nH]c2c1. The maximum Gasteiger partial charge on any atom is 0.248 e. The summed E-state index contributed by atoms with van der Waals surface area (Å²) in [4.78, 5) is 13.9. The Balaban J connectivity index is 2.49. The highest BCUT2D eigenvalue weighted by Gasteiger charge is 2.00. The quantitative estimate of drug-likeness (QED) is 0.773. The van der Waals surface area contributed by atoms with Crippen molar-refractivity contribution in [2.24, 2.45) is 5.73 Å². The number of pyridine rings is 1. The largest absolute Gasteiger partial charge is 0.328 e. The zero-order valence-corrected chi connectivity index (χ0v) is 8.66. The first-order chi connectivity index (χ1) is 7.15. The topological polar surface area (TPSA) is 58.9 Å². The highest BCUT2D eigenvalue weighted by atomic mass is 16.1. The van der Waals surface area contributed by atoms with Crippen LogP contribution in [0.3, 0.4) is 0 Å². The fraction of sp³-hybridized carbons (Fsp3) is 0.250. The molecule has 0 amide bonds. The molecule has 0 radical (unpaired) electrons. The number of nitrogens with two attached hydrogens (primary N) is 1. The minimum atomic E-state index is -0.0690. The van der Waals surface area contributed by atoms with Crippen LogP contribution >= 0.6 is 0 Å². The molecule has 0 saturated carbocycles. The Labute approximate surface area is 87.9 Å². The number of fused-ring (bicyclic) bond motifs is 1. The van der Waals surface area contributed by atoms with Gasteiger partial charge in [-0.25, -0.2) is 0 Å². The van der Waals surface area contributed by atoms with Crippen molar-refractivity contribution in [1.29, 1.82) is 0 Å². The molecule has 15 heavy (non-hydrogen) atoms. The van der Waals surface area contributed by atoms with Crippen molar-refractivity contribution in [1.82, 2.24) is 4.98 Å². The van der Waals surface area contributed by atoms with Crippen LogP contribution in [0.1, 0.15) is 12.5 Å². The molecule has 2 aromatic rings. The Kier molecular flexibility index (Phi) is 2.56. The van der Waals surface area contributed by atoms with Gasteiger partial charge in [-0.15, -0.1) is 0 Å². The van der Waals surface area contributed by atoms with E-state index in [1.165, 1.54) is 6.07 Å². The Morgan fingerprint density at radius 1 is 1.33 bits per heavy atom. The number of benzene rings is 1. The van der Waals surface area contributed by atoms with Gasteiger partial charge < -0.3 is 10.7 Å². The fourth-order valence-corrected chi connectivity index (χ4v) is 1.70. The average Bonchev–Trinajstić information content (AvgIpc) is 2.16. The van der Waals surface area contributed by atoms with Gasteiger partial charge in [0.05, 0.1) is 0 Å². The smallest absolute Gasteiger partial charge is 0.248 e. The molecule has 3 nitrogen and oxygen atoms in total. The lowest BCUT2D eigenvalue weighted by molar-refractivity contribution is 0.738. The van der Waals surface area contributed by atoms with E-state index in [2.05, 4.69) is 4.98 Å². The number of rotatable bonds is 2. The fourth-order valence-electron chi connectivity index (χ4n) is 1.70. The van der Waals surface area contributed by atoms with Crippen molar-refractivity contribution in [3.63, 3.8) is 0 Å². The highest BCUT2D eigenvalue weighted by molar-refractivity contribution is 5.78. The third-order valence-corrected chi connectivity index (χ3v) is 2.35. The summed E-state index contributed by atoms with van der Waals surface area (Å²) < 4.78 is 0. The summed E-state index contributed by atoms with van der Waals surface area (Å²) in [5.74, 6) is 0. The second kappa shape index (κ2) is 3.87. The lowest BCUT2D eigenvalue weighted by Gasteiger charge is -2.06. The van der Waals surface area contributed by atoms with Gasteiger partial charge in [0.1, 0.15) is 0 Å². The predicted molar refractivity (Wildman–Crippen MR) is 61.9 cm³/mol. The summed E-state index contributed by atoms with van der Waals surface area (Å²) in [7, 11) is 0.